The number of methoxy groups -OCH3 is 1. The van der Waals surface area contributed by atoms with E-state index in [9.17, 15) is 10.5 Å². The highest BCUT2D eigenvalue weighted by Crippen LogP contribution is 2.37. The summed E-state index contributed by atoms with van der Waals surface area (Å²) in [5.74, 6) is 0.593. The van der Waals surface area contributed by atoms with Gasteiger partial charge in [-0.15, -0.1) is 11.3 Å². The van der Waals surface area contributed by atoms with Gasteiger partial charge in [-0.25, -0.2) is 9.97 Å². The van der Waals surface area contributed by atoms with Crippen molar-refractivity contribution >= 4 is 51.3 Å². The second kappa shape index (κ2) is 12.6. The molecule has 2 heterocycles. The van der Waals surface area contributed by atoms with Gasteiger partial charge in [0.05, 0.1) is 11.3 Å². The number of nitriles is 2. The number of pyridine rings is 1. The maximum Gasteiger partial charge on any atom is 0.187 e. The topological polar surface area (TPSA) is 121 Å². The molecule has 4 rings (SSSR count). The number of benzene rings is 2. The average Bonchev–Trinajstić information content (AvgIpc) is 3.36. The molecule has 0 atom stereocenters. The van der Waals surface area contributed by atoms with Crippen LogP contribution in [0.4, 0.5) is 16.6 Å². The molecule has 0 aliphatic carbocycles. The number of ether oxygens (including phenoxy) is 1. The summed E-state index contributed by atoms with van der Waals surface area (Å²) >= 11 is 8.80. The maximum absolute atomic E-state index is 10.1. The lowest BCUT2D eigenvalue weighted by Gasteiger charge is -2.13. The molecule has 0 radical (unpaired) electrons. The minimum atomic E-state index is 0.103. The average molecular weight is 547 g/mol. The zero-order valence-corrected chi connectivity index (χ0v) is 22.4. The SMILES string of the molecule is COCCCc1ccc(-c2c(C#N)c(N)nc(SCc3csc(Nc4ccc(Cl)cc4)n3)c2C#N)cc1. The Morgan fingerprint density at radius 3 is 2.46 bits per heavy atom. The summed E-state index contributed by atoms with van der Waals surface area (Å²) in [6.45, 7) is 0.693. The van der Waals surface area contributed by atoms with Crippen LogP contribution in [-0.2, 0) is 16.9 Å². The lowest BCUT2D eigenvalue weighted by molar-refractivity contribution is 0.195. The Kier molecular flexibility index (Phi) is 8.99. The highest BCUT2D eigenvalue weighted by atomic mass is 35.5. The number of rotatable bonds is 10. The molecule has 186 valence electrons. The number of aryl methyl sites for hydroxylation is 1. The van der Waals surface area contributed by atoms with E-state index in [0.29, 0.717) is 33.5 Å². The van der Waals surface area contributed by atoms with E-state index in [1.54, 1.807) is 7.11 Å². The molecule has 0 fully saturated rings. The monoisotopic (exact) mass is 546 g/mol. The number of halogens is 1. The smallest absolute Gasteiger partial charge is 0.187 e. The molecule has 0 unspecified atom stereocenters. The van der Waals surface area contributed by atoms with Crippen molar-refractivity contribution in [3.05, 3.63) is 81.3 Å². The van der Waals surface area contributed by atoms with Crippen LogP contribution < -0.4 is 11.1 Å². The largest absolute Gasteiger partial charge is 0.385 e. The standard InChI is InChI=1S/C27H23ClN6OS2/c1-35-12-2-3-17-4-6-18(7-5-17)24-22(13-29)25(31)34-26(23(24)14-30)36-15-21-16-37-27(33-21)32-20-10-8-19(28)9-11-20/h4-11,16H,2-3,12,15H2,1H3,(H2,31,34)(H,32,33). The summed E-state index contributed by atoms with van der Waals surface area (Å²) in [4.78, 5) is 9.02. The van der Waals surface area contributed by atoms with Crippen molar-refractivity contribution < 1.29 is 4.74 Å². The second-order valence-corrected chi connectivity index (χ2v) is 10.3. The first kappa shape index (κ1) is 26.5. The van der Waals surface area contributed by atoms with Gasteiger partial charge in [0.1, 0.15) is 28.5 Å². The third-order valence-electron chi connectivity index (χ3n) is 5.48. The third kappa shape index (κ3) is 6.59. The van der Waals surface area contributed by atoms with E-state index in [-0.39, 0.29) is 11.4 Å². The van der Waals surface area contributed by atoms with Crippen LogP contribution in [0.25, 0.3) is 11.1 Å². The van der Waals surface area contributed by atoms with Crippen molar-refractivity contribution in [1.29, 1.82) is 10.5 Å². The van der Waals surface area contributed by atoms with Gasteiger partial charge in [0.15, 0.2) is 5.13 Å². The van der Waals surface area contributed by atoms with Gasteiger partial charge in [-0.3, -0.25) is 0 Å². The number of hydrogen-bond acceptors (Lipinski definition) is 9. The summed E-state index contributed by atoms with van der Waals surface area (Å²) < 4.78 is 5.12. The maximum atomic E-state index is 10.1. The normalized spacial score (nSPS) is 10.6. The predicted molar refractivity (Wildman–Crippen MR) is 150 cm³/mol. The van der Waals surface area contributed by atoms with Gasteiger partial charge in [-0.2, -0.15) is 10.5 Å². The minimum absolute atomic E-state index is 0.103. The molecule has 2 aromatic carbocycles. The summed E-state index contributed by atoms with van der Waals surface area (Å²) in [6.07, 6.45) is 1.80. The Bertz CT molecular complexity index is 1460. The molecule has 0 aliphatic heterocycles. The molecule has 3 N–H and O–H groups in total. The van der Waals surface area contributed by atoms with E-state index < -0.39 is 0 Å². The molecule has 0 saturated heterocycles. The lowest BCUT2D eigenvalue weighted by Crippen LogP contribution is -2.03. The summed E-state index contributed by atoms with van der Waals surface area (Å²) in [5.41, 5.74) is 10.8. The van der Waals surface area contributed by atoms with E-state index in [1.165, 1.54) is 23.1 Å². The van der Waals surface area contributed by atoms with E-state index in [4.69, 9.17) is 22.1 Å². The van der Waals surface area contributed by atoms with Gasteiger partial charge >= 0.3 is 0 Å². The van der Waals surface area contributed by atoms with Gasteiger partial charge in [-0.05, 0) is 48.2 Å². The van der Waals surface area contributed by atoms with Crippen molar-refractivity contribution in [2.45, 2.75) is 23.6 Å². The van der Waals surface area contributed by atoms with Crippen LogP contribution >= 0.6 is 34.7 Å². The quantitative estimate of drug-likeness (QED) is 0.164. The number of nitrogen functional groups attached to an aromatic ring is 1. The van der Waals surface area contributed by atoms with Crippen molar-refractivity contribution in [2.24, 2.45) is 0 Å². The summed E-state index contributed by atoms with van der Waals surface area (Å²) in [6, 6.07) is 19.6. The molecule has 4 aromatic rings. The van der Waals surface area contributed by atoms with Crippen LogP contribution in [0.1, 0.15) is 28.8 Å². The van der Waals surface area contributed by atoms with Gasteiger partial charge in [0.25, 0.3) is 0 Å². The highest BCUT2D eigenvalue weighted by molar-refractivity contribution is 7.98. The van der Waals surface area contributed by atoms with Gasteiger partial charge in [0.2, 0.25) is 0 Å². The molecule has 0 amide bonds. The van der Waals surface area contributed by atoms with Crippen molar-refractivity contribution in [3.8, 4) is 23.3 Å². The number of aromatic nitrogens is 2. The fourth-order valence-electron chi connectivity index (χ4n) is 3.68. The molecule has 10 heteroatoms. The zero-order chi connectivity index (χ0) is 26.2. The number of nitrogens with two attached hydrogens (primary N) is 1. The number of nitrogens with one attached hydrogen (secondary N) is 1. The fourth-order valence-corrected chi connectivity index (χ4v) is 5.53. The molecular weight excluding hydrogens is 524 g/mol. The van der Waals surface area contributed by atoms with Crippen LogP contribution in [0, 0.1) is 22.7 Å². The first-order valence-electron chi connectivity index (χ1n) is 11.3. The Morgan fingerprint density at radius 1 is 1.05 bits per heavy atom. The number of nitrogens with zero attached hydrogens (tertiary/aromatic N) is 4. The van der Waals surface area contributed by atoms with E-state index in [2.05, 4.69) is 27.4 Å². The second-order valence-electron chi connectivity index (χ2n) is 8.01. The van der Waals surface area contributed by atoms with Gasteiger partial charge < -0.3 is 15.8 Å². The highest BCUT2D eigenvalue weighted by Gasteiger charge is 2.21. The molecule has 0 bridgehead atoms. The first-order chi connectivity index (χ1) is 18.0. The Morgan fingerprint density at radius 2 is 1.78 bits per heavy atom. The molecule has 0 spiro atoms. The number of thiazole rings is 1. The van der Waals surface area contributed by atoms with Crippen LogP contribution in [0.3, 0.4) is 0 Å². The van der Waals surface area contributed by atoms with Crippen molar-refractivity contribution in [2.75, 3.05) is 24.8 Å². The molecule has 7 nitrogen and oxygen atoms in total. The predicted octanol–water partition coefficient (Wildman–Crippen LogP) is 6.80. The number of anilines is 3. The lowest BCUT2D eigenvalue weighted by atomic mass is 9.95. The summed E-state index contributed by atoms with van der Waals surface area (Å²) in [7, 11) is 1.69. The van der Waals surface area contributed by atoms with Crippen molar-refractivity contribution in [1.82, 2.24) is 9.97 Å². The molecule has 37 heavy (non-hydrogen) atoms. The number of thioether (sulfide) groups is 1. The van der Waals surface area contributed by atoms with Crippen LogP contribution in [-0.4, -0.2) is 23.7 Å². The van der Waals surface area contributed by atoms with Gasteiger partial charge in [-0.1, -0.05) is 47.6 Å². The molecule has 0 saturated carbocycles. The zero-order valence-electron chi connectivity index (χ0n) is 20.0. The Labute approximate surface area is 228 Å². The first-order valence-corrected chi connectivity index (χ1v) is 13.6. The third-order valence-corrected chi connectivity index (χ3v) is 7.54. The molecule has 0 aliphatic rings. The Hall–Kier alpha value is -3.60. The fraction of sp³-hybridized carbons (Fsp3) is 0.185. The van der Waals surface area contributed by atoms with Crippen LogP contribution in [0.15, 0.2) is 58.9 Å². The van der Waals surface area contributed by atoms with Crippen molar-refractivity contribution in [3.63, 3.8) is 0 Å². The van der Waals surface area contributed by atoms with Crippen LogP contribution in [0.5, 0.6) is 0 Å². The van der Waals surface area contributed by atoms with Crippen LogP contribution in [0.2, 0.25) is 5.02 Å². The van der Waals surface area contributed by atoms with E-state index in [0.717, 1.165) is 40.5 Å². The molecule has 2 aromatic heterocycles. The number of hydrogen-bond donors (Lipinski definition) is 2. The molecular formula is C27H23ClN6OS2. The minimum Gasteiger partial charge on any atom is -0.385 e. The van der Waals surface area contributed by atoms with Gasteiger partial charge in [0, 0.05) is 41.1 Å². The van der Waals surface area contributed by atoms with E-state index in [1.807, 2.05) is 53.9 Å². The Balaban J connectivity index is 1.55. The summed E-state index contributed by atoms with van der Waals surface area (Å²) in [5, 5.41) is 26.9. The van der Waals surface area contributed by atoms with E-state index >= 15 is 0 Å².